The van der Waals surface area contributed by atoms with E-state index in [4.69, 9.17) is 14.2 Å². The van der Waals surface area contributed by atoms with Crippen molar-refractivity contribution in [1.82, 2.24) is 4.57 Å². The molecule has 2 heterocycles. The molecule has 8 nitrogen and oxygen atoms in total. The molecule has 1 aliphatic rings. The maximum atomic E-state index is 13.7. The van der Waals surface area contributed by atoms with Gasteiger partial charge in [0.05, 0.1) is 41.7 Å². The van der Waals surface area contributed by atoms with Crippen molar-refractivity contribution >= 4 is 23.4 Å². The van der Waals surface area contributed by atoms with Crippen LogP contribution in [0.5, 0.6) is 17.2 Å². The summed E-state index contributed by atoms with van der Waals surface area (Å²) in [4.78, 5) is 31.8. The molecule has 0 aliphatic carbocycles. The van der Waals surface area contributed by atoms with Crippen molar-refractivity contribution in [2.45, 2.75) is 33.7 Å². The van der Waals surface area contributed by atoms with E-state index in [1.165, 1.54) is 15.9 Å². The highest BCUT2D eigenvalue weighted by molar-refractivity contribution is 7.07. The van der Waals surface area contributed by atoms with E-state index in [1.807, 2.05) is 19.9 Å². The van der Waals surface area contributed by atoms with E-state index >= 15 is 0 Å². The predicted molar refractivity (Wildman–Crippen MR) is 137 cm³/mol. The van der Waals surface area contributed by atoms with Crippen LogP contribution in [0.2, 0.25) is 0 Å². The molecule has 1 aromatic heterocycles. The number of hydrogen-bond donors (Lipinski definition) is 1. The SMILES string of the molecule is CCOC(=O)C1=C(C)N=c2s/c(=C\c3ccc(O)cc3)c(=O)n2[C@@H]1c1ccc(OCC)c(OCC)c1. The zero-order valence-electron chi connectivity index (χ0n) is 20.6. The minimum Gasteiger partial charge on any atom is -0.508 e. The maximum Gasteiger partial charge on any atom is 0.338 e. The Morgan fingerprint density at radius 2 is 1.75 bits per heavy atom. The van der Waals surface area contributed by atoms with Gasteiger partial charge in [-0.15, -0.1) is 0 Å². The normalized spacial score (nSPS) is 15.3. The second-order valence-corrected chi connectivity index (χ2v) is 8.98. The highest BCUT2D eigenvalue weighted by Crippen LogP contribution is 2.36. The number of allylic oxidation sites excluding steroid dienone is 1. The molecule has 3 aromatic rings. The number of benzene rings is 2. The lowest BCUT2D eigenvalue weighted by Crippen LogP contribution is -2.40. The first-order chi connectivity index (χ1) is 17.4. The first-order valence-corrected chi connectivity index (χ1v) is 12.6. The number of hydrogen-bond acceptors (Lipinski definition) is 8. The average Bonchev–Trinajstić information content (AvgIpc) is 3.15. The molecule has 0 fully saturated rings. The Morgan fingerprint density at radius 3 is 2.42 bits per heavy atom. The van der Waals surface area contributed by atoms with Gasteiger partial charge in [0, 0.05) is 0 Å². The van der Waals surface area contributed by atoms with Crippen molar-refractivity contribution in [3.8, 4) is 17.2 Å². The number of thiazole rings is 1. The van der Waals surface area contributed by atoms with E-state index in [2.05, 4.69) is 4.99 Å². The lowest BCUT2D eigenvalue weighted by Gasteiger charge is -2.25. The van der Waals surface area contributed by atoms with Gasteiger partial charge in [-0.1, -0.05) is 29.5 Å². The zero-order chi connectivity index (χ0) is 25.8. The van der Waals surface area contributed by atoms with Crippen molar-refractivity contribution in [3.05, 3.63) is 84.5 Å². The Kier molecular flexibility index (Phi) is 7.59. The molecule has 0 bridgehead atoms. The molecule has 0 unspecified atom stereocenters. The molecule has 0 saturated heterocycles. The summed E-state index contributed by atoms with van der Waals surface area (Å²) in [6.07, 6.45) is 1.74. The summed E-state index contributed by atoms with van der Waals surface area (Å²) >= 11 is 1.24. The summed E-state index contributed by atoms with van der Waals surface area (Å²) in [6.45, 7) is 8.34. The molecular formula is C27H28N2O6S. The summed E-state index contributed by atoms with van der Waals surface area (Å²) in [7, 11) is 0. The van der Waals surface area contributed by atoms with E-state index in [-0.39, 0.29) is 17.9 Å². The van der Waals surface area contributed by atoms with Gasteiger partial charge in [-0.3, -0.25) is 9.36 Å². The molecule has 36 heavy (non-hydrogen) atoms. The van der Waals surface area contributed by atoms with Crippen LogP contribution in [0.15, 0.2) is 63.5 Å². The standard InChI is InChI=1S/C27H28N2O6S/c1-5-33-20-13-10-18(15-21(20)34-6-2)24-23(26(32)35-7-3)16(4)28-27-29(24)25(31)22(36-27)14-17-8-11-19(30)12-9-17/h8-15,24,30H,5-7H2,1-4H3/b22-14-/t24-/m1/s1. The van der Waals surface area contributed by atoms with Crippen LogP contribution in [-0.2, 0) is 9.53 Å². The molecule has 1 atom stereocenters. The van der Waals surface area contributed by atoms with E-state index in [0.29, 0.717) is 50.9 Å². The largest absolute Gasteiger partial charge is 0.508 e. The van der Waals surface area contributed by atoms with Crippen LogP contribution in [-0.4, -0.2) is 35.5 Å². The maximum absolute atomic E-state index is 13.7. The summed E-state index contributed by atoms with van der Waals surface area (Å²) < 4.78 is 18.9. The van der Waals surface area contributed by atoms with E-state index in [9.17, 15) is 14.7 Å². The van der Waals surface area contributed by atoms with Crippen LogP contribution >= 0.6 is 11.3 Å². The third-order valence-corrected chi connectivity index (χ3v) is 6.57. The summed E-state index contributed by atoms with van der Waals surface area (Å²) in [5, 5.41) is 9.58. The number of nitrogens with zero attached hydrogens (tertiary/aromatic N) is 2. The van der Waals surface area contributed by atoms with Gasteiger partial charge in [-0.25, -0.2) is 9.79 Å². The van der Waals surface area contributed by atoms with Gasteiger partial charge >= 0.3 is 5.97 Å². The highest BCUT2D eigenvalue weighted by Gasteiger charge is 2.34. The number of carbonyl (C=O) groups excluding carboxylic acids is 1. The van der Waals surface area contributed by atoms with Gasteiger partial charge < -0.3 is 19.3 Å². The second-order valence-electron chi connectivity index (χ2n) is 7.97. The smallest absolute Gasteiger partial charge is 0.338 e. The number of phenolic OH excluding ortho intramolecular Hbond substituents is 1. The molecule has 4 rings (SSSR count). The van der Waals surface area contributed by atoms with Crippen molar-refractivity contribution in [2.24, 2.45) is 4.99 Å². The molecule has 2 aromatic carbocycles. The molecular weight excluding hydrogens is 480 g/mol. The number of aromatic nitrogens is 1. The number of aromatic hydroxyl groups is 1. The number of esters is 1. The number of ether oxygens (including phenoxy) is 3. The first kappa shape index (κ1) is 25.2. The van der Waals surface area contributed by atoms with Crippen LogP contribution in [0.1, 0.15) is 44.9 Å². The summed E-state index contributed by atoms with van der Waals surface area (Å²) in [5.41, 5.74) is 1.94. The van der Waals surface area contributed by atoms with Crippen LogP contribution in [0.25, 0.3) is 6.08 Å². The molecule has 1 aliphatic heterocycles. The van der Waals surface area contributed by atoms with Crippen LogP contribution in [0.4, 0.5) is 0 Å². The number of fused-ring (bicyclic) bond motifs is 1. The van der Waals surface area contributed by atoms with Gasteiger partial charge in [0.1, 0.15) is 5.75 Å². The minimum atomic E-state index is -0.753. The Bertz CT molecular complexity index is 1480. The molecule has 0 amide bonds. The van der Waals surface area contributed by atoms with Crippen molar-refractivity contribution < 1.29 is 24.1 Å². The lowest BCUT2D eigenvalue weighted by molar-refractivity contribution is -0.139. The Balaban J connectivity index is 1.94. The number of carbonyl (C=O) groups is 1. The Hall–Kier alpha value is -3.85. The van der Waals surface area contributed by atoms with E-state index in [0.717, 1.165) is 5.56 Å². The fraction of sp³-hybridized carbons (Fsp3) is 0.296. The van der Waals surface area contributed by atoms with Gasteiger partial charge in [-0.2, -0.15) is 0 Å². The Morgan fingerprint density at radius 1 is 1.06 bits per heavy atom. The minimum absolute atomic E-state index is 0.143. The molecule has 188 valence electrons. The molecule has 0 radical (unpaired) electrons. The monoisotopic (exact) mass is 508 g/mol. The van der Waals surface area contributed by atoms with Crippen molar-refractivity contribution in [3.63, 3.8) is 0 Å². The molecule has 9 heteroatoms. The topological polar surface area (TPSA) is 99.4 Å². The number of phenols is 1. The van der Waals surface area contributed by atoms with Crippen LogP contribution in [0, 0.1) is 0 Å². The first-order valence-electron chi connectivity index (χ1n) is 11.8. The molecule has 0 spiro atoms. The van der Waals surface area contributed by atoms with E-state index in [1.54, 1.807) is 56.3 Å². The number of rotatable bonds is 8. The van der Waals surface area contributed by atoms with Gasteiger partial charge in [0.2, 0.25) is 0 Å². The van der Waals surface area contributed by atoms with E-state index < -0.39 is 12.0 Å². The van der Waals surface area contributed by atoms with Gasteiger partial charge in [0.15, 0.2) is 16.3 Å². The van der Waals surface area contributed by atoms with Crippen LogP contribution < -0.4 is 24.4 Å². The Labute approximate surface area is 212 Å². The van der Waals surface area contributed by atoms with Gasteiger partial charge in [-0.05, 0) is 69.2 Å². The molecule has 1 N–H and O–H groups in total. The average molecular weight is 509 g/mol. The third kappa shape index (κ3) is 4.92. The fourth-order valence-electron chi connectivity index (χ4n) is 4.07. The molecule has 0 saturated carbocycles. The lowest BCUT2D eigenvalue weighted by atomic mass is 9.95. The summed E-state index contributed by atoms with van der Waals surface area (Å²) in [6, 6.07) is 11.2. The zero-order valence-corrected chi connectivity index (χ0v) is 21.4. The third-order valence-electron chi connectivity index (χ3n) is 5.59. The second kappa shape index (κ2) is 10.8. The summed E-state index contributed by atoms with van der Waals surface area (Å²) in [5.74, 6) is 0.731. The van der Waals surface area contributed by atoms with Crippen molar-refractivity contribution in [1.29, 1.82) is 0 Å². The predicted octanol–water partition coefficient (Wildman–Crippen LogP) is 3.30. The van der Waals surface area contributed by atoms with Gasteiger partial charge in [0.25, 0.3) is 5.56 Å². The highest BCUT2D eigenvalue weighted by atomic mass is 32.1. The van der Waals surface area contributed by atoms with Crippen molar-refractivity contribution in [2.75, 3.05) is 19.8 Å². The van der Waals surface area contributed by atoms with Crippen LogP contribution in [0.3, 0.4) is 0 Å². The fourth-order valence-corrected chi connectivity index (χ4v) is 5.11. The quantitative estimate of drug-likeness (QED) is 0.469.